The summed E-state index contributed by atoms with van der Waals surface area (Å²) >= 11 is 0. The molecule has 0 bridgehead atoms. The van der Waals surface area contributed by atoms with Gasteiger partial charge in [-0.1, -0.05) is 27.4 Å². The second kappa shape index (κ2) is 4.28. The maximum absolute atomic E-state index is 10.4. The first kappa shape index (κ1) is 13.9. The van der Waals surface area contributed by atoms with Gasteiger partial charge in [-0.25, -0.2) is 0 Å². The van der Waals surface area contributed by atoms with Crippen LogP contribution in [0.4, 0.5) is 0 Å². The fraction of sp³-hybridized carbons (Fsp3) is 0.846. The van der Waals surface area contributed by atoms with Crippen molar-refractivity contribution in [3.05, 3.63) is 12.2 Å². The molecule has 1 N–H and O–H groups in total. The summed E-state index contributed by atoms with van der Waals surface area (Å²) in [7, 11) is -1.75. The predicted octanol–water partition coefficient (Wildman–Crippen LogP) is 3.48. The second-order valence-electron chi connectivity index (χ2n) is 6.54. The van der Waals surface area contributed by atoms with Gasteiger partial charge in [0.25, 0.3) is 0 Å². The fourth-order valence-corrected chi connectivity index (χ4v) is 2.73. The average Bonchev–Trinajstić information content (AvgIpc) is 2.43. The van der Waals surface area contributed by atoms with Crippen molar-refractivity contribution < 1.29 is 9.53 Å². The van der Waals surface area contributed by atoms with Gasteiger partial charge in [0.2, 0.25) is 0 Å². The Morgan fingerprint density at radius 2 is 2.00 bits per heavy atom. The maximum Gasteiger partial charge on any atom is 0.192 e. The third-order valence-corrected chi connectivity index (χ3v) is 8.68. The molecule has 1 atom stereocenters. The van der Waals surface area contributed by atoms with E-state index in [1.165, 1.54) is 0 Å². The molecule has 0 saturated heterocycles. The summed E-state index contributed by atoms with van der Waals surface area (Å²) in [5, 5.41) is 10.6. The van der Waals surface area contributed by atoms with Crippen LogP contribution in [-0.2, 0) is 4.43 Å². The Labute approximate surface area is 101 Å². The Bertz CT molecular complexity index is 278. The first-order valence-corrected chi connectivity index (χ1v) is 9.04. The summed E-state index contributed by atoms with van der Waals surface area (Å²) in [5.74, 6) is 0. The zero-order valence-corrected chi connectivity index (χ0v) is 12.4. The summed E-state index contributed by atoms with van der Waals surface area (Å²) in [6, 6.07) is 0. The molecule has 0 spiro atoms. The Morgan fingerprint density at radius 3 is 2.38 bits per heavy atom. The normalized spacial score (nSPS) is 27.5. The molecule has 1 fully saturated rings. The third kappa shape index (κ3) is 2.76. The molecule has 16 heavy (non-hydrogen) atoms. The molecule has 0 radical (unpaired) electrons. The van der Waals surface area contributed by atoms with Crippen LogP contribution in [0.3, 0.4) is 0 Å². The van der Waals surface area contributed by atoms with Gasteiger partial charge in [-0.05, 0) is 43.0 Å². The van der Waals surface area contributed by atoms with Crippen LogP contribution in [0.15, 0.2) is 12.2 Å². The monoisotopic (exact) mass is 242 g/mol. The highest BCUT2D eigenvalue weighted by Gasteiger charge is 2.41. The molecular formula is C13H26O2Si. The van der Waals surface area contributed by atoms with E-state index in [9.17, 15) is 5.11 Å². The lowest BCUT2D eigenvalue weighted by Gasteiger charge is -2.38. The van der Waals surface area contributed by atoms with Gasteiger partial charge in [-0.3, -0.25) is 0 Å². The van der Waals surface area contributed by atoms with Gasteiger partial charge in [0, 0.05) is 0 Å². The molecule has 1 unspecified atom stereocenters. The van der Waals surface area contributed by atoms with Gasteiger partial charge in [0.1, 0.15) is 5.60 Å². The molecule has 0 heterocycles. The summed E-state index contributed by atoms with van der Waals surface area (Å²) in [6.07, 6.45) is 2.79. The van der Waals surface area contributed by atoms with Crippen LogP contribution in [0, 0.1) is 0 Å². The summed E-state index contributed by atoms with van der Waals surface area (Å²) in [4.78, 5) is 0. The predicted molar refractivity (Wildman–Crippen MR) is 71.1 cm³/mol. The van der Waals surface area contributed by atoms with Gasteiger partial charge in [0.15, 0.2) is 8.32 Å². The van der Waals surface area contributed by atoms with E-state index in [0.717, 1.165) is 24.8 Å². The third-order valence-electron chi connectivity index (χ3n) is 4.21. The first-order valence-electron chi connectivity index (χ1n) is 6.13. The highest BCUT2D eigenvalue weighted by molar-refractivity contribution is 6.74. The Kier molecular flexibility index (Phi) is 3.73. The van der Waals surface area contributed by atoms with E-state index in [1.54, 1.807) is 0 Å². The van der Waals surface area contributed by atoms with E-state index in [2.05, 4.69) is 40.4 Å². The van der Waals surface area contributed by atoms with Gasteiger partial charge < -0.3 is 9.53 Å². The summed E-state index contributed by atoms with van der Waals surface area (Å²) < 4.78 is 6.08. The molecule has 0 aliphatic heterocycles. The standard InChI is InChI=1S/C13H26O2Si/c1-11-8-7-9-13(11,14)10-15-16(5,6)12(2,3)4/h14H,1,7-10H2,2-6H3. The highest BCUT2D eigenvalue weighted by Crippen LogP contribution is 2.39. The molecule has 2 nitrogen and oxygen atoms in total. The largest absolute Gasteiger partial charge is 0.414 e. The summed E-state index contributed by atoms with van der Waals surface area (Å²) in [6.45, 7) is 15.5. The van der Waals surface area contributed by atoms with Crippen molar-refractivity contribution in [3.63, 3.8) is 0 Å². The van der Waals surface area contributed by atoms with E-state index in [1.807, 2.05) is 0 Å². The van der Waals surface area contributed by atoms with Crippen LogP contribution in [0.25, 0.3) is 0 Å². The van der Waals surface area contributed by atoms with E-state index in [4.69, 9.17) is 4.43 Å². The molecule has 1 aliphatic rings. The zero-order chi connectivity index (χ0) is 12.6. The Balaban J connectivity index is 2.61. The molecule has 1 saturated carbocycles. The van der Waals surface area contributed by atoms with Crippen LogP contribution in [0.5, 0.6) is 0 Å². The van der Waals surface area contributed by atoms with Crippen LogP contribution in [-0.4, -0.2) is 25.6 Å². The van der Waals surface area contributed by atoms with Crippen molar-refractivity contribution in [2.45, 2.75) is 63.8 Å². The van der Waals surface area contributed by atoms with Crippen molar-refractivity contribution in [2.75, 3.05) is 6.61 Å². The average molecular weight is 242 g/mol. The maximum atomic E-state index is 10.4. The van der Waals surface area contributed by atoms with Gasteiger partial charge in [-0.2, -0.15) is 0 Å². The van der Waals surface area contributed by atoms with Crippen LogP contribution in [0.1, 0.15) is 40.0 Å². The van der Waals surface area contributed by atoms with Crippen molar-refractivity contribution in [1.82, 2.24) is 0 Å². The van der Waals surface area contributed by atoms with E-state index < -0.39 is 13.9 Å². The summed E-state index contributed by atoms with van der Waals surface area (Å²) in [5.41, 5.74) is 0.196. The molecule has 3 heteroatoms. The minimum atomic E-state index is -1.75. The molecule has 0 aromatic heterocycles. The zero-order valence-electron chi connectivity index (χ0n) is 11.4. The Morgan fingerprint density at radius 1 is 1.44 bits per heavy atom. The van der Waals surface area contributed by atoms with E-state index in [-0.39, 0.29) is 5.04 Å². The molecule has 94 valence electrons. The topological polar surface area (TPSA) is 29.5 Å². The lowest BCUT2D eigenvalue weighted by atomic mass is 10.0. The minimum Gasteiger partial charge on any atom is -0.414 e. The SMILES string of the molecule is C=C1CCCC1(O)CO[Si](C)(C)C(C)(C)C. The molecule has 1 aliphatic carbocycles. The lowest BCUT2D eigenvalue weighted by molar-refractivity contribution is 0.0279. The van der Waals surface area contributed by atoms with Crippen molar-refractivity contribution in [2.24, 2.45) is 0 Å². The smallest absolute Gasteiger partial charge is 0.192 e. The molecule has 0 aromatic carbocycles. The molecule has 0 aromatic rings. The minimum absolute atomic E-state index is 0.198. The van der Waals surface area contributed by atoms with Gasteiger partial charge in [-0.15, -0.1) is 0 Å². The first-order chi connectivity index (χ1) is 7.08. The fourth-order valence-electron chi connectivity index (χ4n) is 1.69. The van der Waals surface area contributed by atoms with Crippen molar-refractivity contribution >= 4 is 8.32 Å². The lowest BCUT2D eigenvalue weighted by Crippen LogP contribution is -2.45. The number of hydrogen-bond acceptors (Lipinski definition) is 2. The molecule has 1 rings (SSSR count). The van der Waals surface area contributed by atoms with Gasteiger partial charge in [0.05, 0.1) is 6.61 Å². The number of hydrogen-bond donors (Lipinski definition) is 1. The molecular weight excluding hydrogens is 216 g/mol. The van der Waals surface area contributed by atoms with Crippen LogP contribution in [0.2, 0.25) is 18.1 Å². The number of aliphatic hydroxyl groups is 1. The highest BCUT2D eigenvalue weighted by atomic mass is 28.4. The van der Waals surface area contributed by atoms with E-state index >= 15 is 0 Å². The van der Waals surface area contributed by atoms with Crippen molar-refractivity contribution in [3.8, 4) is 0 Å². The second-order valence-corrected chi connectivity index (χ2v) is 11.3. The van der Waals surface area contributed by atoms with Gasteiger partial charge >= 0.3 is 0 Å². The molecule has 0 amide bonds. The number of rotatable bonds is 3. The quantitative estimate of drug-likeness (QED) is 0.606. The van der Waals surface area contributed by atoms with Crippen LogP contribution >= 0.6 is 0 Å². The van der Waals surface area contributed by atoms with Crippen molar-refractivity contribution in [1.29, 1.82) is 0 Å². The van der Waals surface area contributed by atoms with E-state index in [0.29, 0.717) is 6.61 Å². The Hall–Kier alpha value is -0.123. The van der Waals surface area contributed by atoms with Crippen LogP contribution < -0.4 is 0 Å².